The minimum atomic E-state index is -0.319. The third-order valence-electron chi connectivity index (χ3n) is 5.15. The summed E-state index contributed by atoms with van der Waals surface area (Å²) >= 11 is 0. The van der Waals surface area contributed by atoms with Gasteiger partial charge in [-0.3, -0.25) is 14.4 Å². The molecule has 1 aromatic carbocycles. The summed E-state index contributed by atoms with van der Waals surface area (Å²) in [7, 11) is 0. The molecule has 1 aromatic heterocycles. The van der Waals surface area contributed by atoms with Crippen LogP contribution in [0, 0.1) is 6.92 Å². The lowest BCUT2D eigenvalue weighted by Gasteiger charge is -2.34. The van der Waals surface area contributed by atoms with E-state index >= 15 is 0 Å². The van der Waals surface area contributed by atoms with E-state index < -0.39 is 0 Å². The second kappa shape index (κ2) is 8.94. The van der Waals surface area contributed by atoms with E-state index in [0.717, 1.165) is 16.8 Å². The average molecular weight is 397 g/mol. The molecule has 0 radical (unpaired) electrons. The van der Waals surface area contributed by atoms with Crippen LogP contribution in [0.1, 0.15) is 47.9 Å². The fraction of sp³-hybridized carbons (Fsp3) is 0.409. The van der Waals surface area contributed by atoms with E-state index in [1.54, 1.807) is 21.9 Å². The van der Waals surface area contributed by atoms with Gasteiger partial charge in [0.1, 0.15) is 6.42 Å². The number of nitrogens with one attached hydrogen (secondary N) is 1. The molecule has 3 amide bonds. The standard InChI is InChI=1S/C22H27N3O4/c1-15(2)17-7-4-6-16(3)21(17)23-19(26)14-20(27)24-9-11-25(12-10-24)22(28)18-8-5-13-29-18/h4-8,13,15H,9-12,14H2,1-3H3,(H,23,26). The summed E-state index contributed by atoms with van der Waals surface area (Å²) in [6.07, 6.45) is 1.25. The van der Waals surface area contributed by atoms with E-state index in [4.69, 9.17) is 4.42 Å². The van der Waals surface area contributed by atoms with Gasteiger partial charge in [0.25, 0.3) is 5.91 Å². The molecule has 0 bridgehead atoms. The second-order valence-electron chi connectivity index (χ2n) is 7.57. The summed E-state index contributed by atoms with van der Waals surface area (Å²) in [5.41, 5.74) is 2.81. The molecule has 3 rings (SSSR count). The van der Waals surface area contributed by atoms with Gasteiger partial charge in [0.2, 0.25) is 11.8 Å². The number of furan rings is 1. The molecule has 7 nitrogen and oxygen atoms in total. The van der Waals surface area contributed by atoms with Crippen molar-refractivity contribution in [2.75, 3.05) is 31.5 Å². The van der Waals surface area contributed by atoms with Crippen molar-refractivity contribution in [3.8, 4) is 0 Å². The number of carbonyl (C=O) groups is 3. The largest absolute Gasteiger partial charge is 0.459 e. The lowest BCUT2D eigenvalue weighted by Crippen LogP contribution is -2.51. The van der Waals surface area contributed by atoms with Crippen molar-refractivity contribution in [2.24, 2.45) is 0 Å². The summed E-state index contributed by atoms with van der Waals surface area (Å²) in [6, 6.07) is 9.20. The molecule has 2 heterocycles. The van der Waals surface area contributed by atoms with Crippen molar-refractivity contribution in [1.29, 1.82) is 0 Å². The van der Waals surface area contributed by atoms with Gasteiger partial charge in [-0.2, -0.15) is 0 Å². The summed E-state index contributed by atoms with van der Waals surface area (Å²) in [5.74, 6) is -0.169. The number of hydrogen-bond acceptors (Lipinski definition) is 4. The van der Waals surface area contributed by atoms with Gasteiger partial charge in [0.05, 0.1) is 6.26 Å². The number of rotatable bonds is 5. The molecule has 1 fully saturated rings. The molecule has 0 atom stereocenters. The monoisotopic (exact) mass is 397 g/mol. The number of amides is 3. The Kier molecular flexibility index (Phi) is 6.36. The molecule has 0 unspecified atom stereocenters. The molecule has 1 saturated heterocycles. The lowest BCUT2D eigenvalue weighted by molar-refractivity contribution is -0.135. The Morgan fingerprint density at radius 3 is 2.34 bits per heavy atom. The van der Waals surface area contributed by atoms with E-state index in [1.165, 1.54) is 6.26 Å². The highest BCUT2D eigenvalue weighted by molar-refractivity contribution is 6.04. The van der Waals surface area contributed by atoms with Crippen molar-refractivity contribution >= 4 is 23.4 Å². The van der Waals surface area contributed by atoms with E-state index in [9.17, 15) is 14.4 Å². The predicted octanol–water partition coefficient (Wildman–Crippen LogP) is 3.02. The molecule has 1 N–H and O–H groups in total. The van der Waals surface area contributed by atoms with Crippen LogP contribution >= 0.6 is 0 Å². The minimum Gasteiger partial charge on any atom is -0.459 e. The quantitative estimate of drug-likeness (QED) is 0.786. The zero-order valence-electron chi connectivity index (χ0n) is 17.1. The first-order valence-electron chi connectivity index (χ1n) is 9.86. The first kappa shape index (κ1) is 20.6. The molecule has 29 heavy (non-hydrogen) atoms. The van der Waals surface area contributed by atoms with Crippen molar-refractivity contribution < 1.29 is 18.8 Å². The molecule has 2 aromatic rings. The van der Waals surface area contributed by atoms with Crippen LogP contribution in [0.4, 0.5) is 5.69 Å². The van der Waals surface area contributed by atoms with Crippen LogP contribution in [-0.4, -0.2) is 53.7 Å². The van der Waals surface area contributed by atoms with Gasteiger partial charge in [-0.05, 0) is 36.1 Å². The smallest absolute Gasteiger partial charge is 0.289 e. The molecule has 7 heteroatoms. The number of nitrogens with zero attached hydrogens (tertiary/aromatic N) is 2. The van der Waals surface area contributed by atoms with Crippen LogP contribution in [0.25, 0.3) is 0 Å². The Hall–Kier alpha value is -3.09. The third-order valence-corrected chi connectivity index (χ3v) is 5.15. The first-order valence-corrected chi connectivity index (χ1v) is 9.86. The number of benzene rings is 1. The summed E-state index contributed by atoms with van der Waals surface area (Å²) in [6.45, 7) is 7.72. The molecule has 0 spiro atoms. The lowest BCUT2D eigenvalue weighted by atomic mass is 9.98. The molecule has 1 aliphatic heterocycles. The maximum Gasteiger partial charge on any atom is 0.289 e. The third kappa shape index (κ3) is 4.85. The van der Waals surface area contributed by atoms with Crippen LogP contribution in [0.2, 0.25) is 0 Å². The van der Waals surface area contributed by atoms with E-state index in [2.05, 4.69) is 19.2 Å². The van der Waals surface area contributed by atoms with Crippen LogP contribution in [0.3, 0.4) is 0 Å². The molecule has 0 aliphatic carbocycles. The Bertz CT molecular complexity index is 881. The van der Waals surface area contributed by atoms with Gasteiger partial charge >= 0.3 is 0 Å². The van der Waals surface area contributed by atoms with Gasteiger partial charge in [0.15, 0.2) is 5.76 Å². The van der Waals surface area contributed by atoms with Gasteiger partial charge in [-0.25, -0.2) is 0 Å². The average Bonchev–Trinajstić information content (AvgIpc) is 3.23. The molecular weight excluding hydrogens is 370 g/mol. The van der Waals surface area contributed by atoms with E-state index in [0.29, 0.717) is 31.9 Å². The maximum absolute atomic E-state index is 12.6. The second-order valence-corrected chi connectivity index (χ2v) is 7.57. The maximum atomic E-state index is 12.6. The molecular formula is C22H27N3O4. The summed E-state index contributed by atoms with van der Waals surface area (Å²) in [5, 5.41) is 2.91. The van der Waals surface area contributed by atoms with Crippen molar-refractivity contribution in [3.63, 3.8) is 0 Å². The van der Waals surface area contributed by atoms with Crippen molar-refractivity contribution in [2.45, 2.75) is 33.1 Å². The zero-order valence-corrected chi connectivity index (χ0v) is 17.1. The Labute approximate surface area is 170 Å². The Balaban J connectivity index is 1.54. The summed E-state index contributed by atoms with van der Waals surface area (Å²) in [4.78, 5) is 40.6. The first-order chi connectivity index (χ1) is 13.9. The Morgan fingerprint density at radius 2 is 1.72 bits per heavy atom. The van der Waals surface area contributed by atoms with Gasteiger partial charge in [-0.1, -0.05) is 32.0 Å². The predicted molar refractivity (Wildman–Crippen MR) is 110 cm³/mol. The SMILES string of the molecule is Cc1cccc(C(C)C)c1NC(=O)CC(=O)N1CCN(C(=O)c2ccco2)CC1. The number of anilines is 1. The van der Waals surface area contributed by atoms with Crippen LogP contribution < -0.4 is 5.32 Å². The highest BCUT2D eigenvalue weighted by Crippen LogP contribution is 2.27. The summed E-state index contributed by atoms with van der Waals surface area (Å²) < 4.78 is 5.14. The highest BCUT2D eigenvalue weighted by Gasteiger charge is 2.27. The molecule has 0 saturated carbocycles. The van der Waals surface area contributed by atoms with Gasteiger partial charge in [0, 0.05) is 31.9 Å². The molecule has 1 aliphatic rings. The number of hydrogen-bond donors (Lipinski definition) is 1. The van der Waals surface area contributed by atoms with Crippen LogP contribution in [0.15, 0.2) is 41.0 Å². The number of aryl methyl sites for hydroxylation is 1. The van der Waals surface area contributed by atoms with Gasteiger partial charge in [-0.15, -0.1) is 0 Å². The van der Waals surface area contributed by atoms with Crippen molar-refractivity contribution in [3.05, 3.63) is 53.5 Å². The van der Waals surface area contributed by atoms with Gasteiger partial charge < -0.3 is 19.5 Å². The number of para-hydroxylation sites is 1. The van der Waals surface area contributed by atoms with Crippen molar-refractivity contribution in [1.82, 2.24) is 9.80 Å². The highest BCUT2D eigenvalue weighted by atomic mass is 16.3. The topological polar surface area (TPSA) is 82.9 Å². The molecule has 154 valence electrons. The normalized spacial score (nSPS) is 14.2. The van der Waals surface area contributed by atoms with Crippen LogP contribution in [0.5, 0.6) is 0 Å². The van der Waals surface area contributed by atoms with E-state index in [1.807, 2.05) is 25.1 Å². The Morgan fingerprint density at radius 1 is 1.03 bits per heavy atom. The number of carbonyl (C=O) groups excluding carboxylic acids is 3. The van der Waals surface area contributed by atoms with Crippen LogP contribution in [-0.2, 0) is 9.59 Å². The zero-order chi connectivity index (χ0) is 21.0. The fourth-order valence-electron chi connectivity index (χ4n) is 3.49. The fourth-order valence-corrected chi connectivity index (χ4v) is 3.49. The minimum absolute atomic E-state index is 0.180. The van der Waals surface area contributed by atoms with E-state index in [-0.39, 0.29) is 30.1 Å². The number of piperazine rings is 1.